The zero-order valence-electron chi connectivity index (χ0n) is 18.7. The first-order valence-electron chi connectivity index (χ1n) is 11.0. The lowest BCUT2D eigenvalue weighted by Crippen LogP contribution is -2.49. The van der Waals surface area contributed by atoms with Crippen molar-refractivity contribution in [3.63, 3.8) is 0 Å². The summed E-state index contributed by atoms with van der Waals surface area (Å²) in [5, 5.41) is 3.51. The van der Waals surface area contributed by atoms with Gasteiger partial charge in [-0.15, -0.1) is 0 Å². The molecule has 0 saturated carbocycles. The molecule has 0 aliphatic heterocycles. The Morgan fingerprint density at radius 2 is 1.81 bits per heavy atom. The van der Waals surface area contributed by atoms with Crippen molar-refractivity contribution in [1.82, 2.24) is 10.2 Å². The van der Waals surface area contributed by atoms with Crippen LogP contribution >= 0.6 is 11.6 Å². The maximum Gasteiger partial charge on any atom is 0.242 e. The standard InChI is InChI=1S/C25H33ClN2O3/c1-4-16-27-25(30)23(5-2)28(18-20-9-6-7-10-22(20)26)24(29)11-8-17-31-21-14-12-19(3)13-15-21/h6-7,9-10,12-15,23H,4-5,8,11,16-18H2,1-3H3,(H,27,30)/t23-/m1/s1. The van der Waals surface area contributed by atoms with Crippen molar-refractivity contribution in [1.29, 1.82) is 0 Å². The van der Waals surface area contributed by atoms with Gasteiger partial charge in [-0.05, 0) is 49.9 Å². The average Bonchev–Trinajstić information content (AvgIpc) is 2.77. The SMILES string of the molecule is CCCNC(=O)[C@@H](CC)N(Cc1ccccc1Cl)C(=O)CCCOc1ccc(C)cc1. The van der Waals surface area contributed by atoms with E-state index in [0.29, 0.717) is 44.0 Å². The van der Waals surface area contributed by atoms with E-state index in [1.807, 2.05) is 63.2 Å². The van der Waals surface area contributed by atoms with Gasteiger partial charge in [0, 0.05) is 24.5 Å². The molecule has 2 aromatic rings. The smallest absolute Gasteiger partial charge is 0.242 e. The molecule has 2 aromatic carbocycles. The van der Waals surface area contributed by atoms with Gasteiger partial charge >= 0.3 is 0 Å². The van der Waals surface area contributed by atoms with Crippen molar-refractivity contribution >= 4 is 23.4 Å². The van der Waals surface area contributed by atoms with Crippen LogP contribution < -0.4 is 10.1 Å². The van der Waals surface area contributed by atoms with E-state index >= 15 is 0 Å². The van der Waals surface area contributed by atoms with E-state index in [-0.39, 0.29) is 11.8 Å². The van der Waals surface area contributed by atoms with E-state index in [0.717, 1.165) is 17.7 Å². The Bertz CT molecular complexity index is 839. The van der Waals surface area contributed by atoms with Crippen LogP contribution in [0.15, 0.2) is 48.5 Å². The molecule has 0 radical (unpaired) electrons. The maximum atomic E-state index is 13.1. The fourth-order valence-corrected chi connectivity index (χ4v) is 3.48. The molecule has 0 aromatic heterocycles. The number of halogens is 1. The Hall–Kier alpha value is -2.53. The number of benzene rings is 2. The van der Waals surface area contributed by atoms with Crippen LogP contribution in [-0.4, -0.2) is 35.9 Å². The number of aryl methyl sites for hydroxylation is 1. The predicted octanol–water partition coefficient (Wildman–Crippen LogP) is 5.14. The Labute approximate surface area is 190 Å². The molecule has 168 valence electrons. The number of hydrogen-bond donors (Lipinski definition) is 1. The molecule has 0 aliphatic carbocycles. The first kappa shape index (κ1) is 24.7. The van der Waals surface area contributed by atoms with E-state index in [9.17, 15) is 9.59 Å². The van der Waals surface area contributed by atoms with Crippen LogP contribution in [-0.2, 0) is 16.1 Å². The molecule has 0 spiro atoms. The molecule has 2 rings (SSSR count). The number of carbonyl (C=O) groups excluding carboxylic acids is 2. The highest BCUT2D eigenvalue weighted by molar-refractivity contribution is 6.31. The Morgan fingerprint density at radius 1 is 1.10 bits per heavy atom. The summed E-state index contributed by atoms with van der Waals surface area (Å²) in [7, 11) is 0. The summed E-state index contributed by atoms with van der Waals surface area (Å²) in [6, 6.07) is 14.7. The lowest BCUT2D eigenvalue weighted by Gasteiger charge is -2.31. The molecule has 6 heteroatoms. The molecule has 2 amide bonds. The number of amides is 2. The number of nitrogens with zero attached hydrogens (tertiary/aromatic N) is 1. The van der Waals surface area contributed by atoms with Crippen LogP contribution in [0.2, 0.25) is 5.02 Å². The minimum Gasteiger partial charge on any atom is -0.494 e. The molecule has 0 bridgehead atoms. The zero-order chi connectivity index (χ0) is 22.6. The molecule has 0 fully saturated rings. The molecular formula is C25H33ClN2O3. The molecule has 0 heterocycles. The first-order valence-corrected chi connectivity index (χ1v) is 11.3. The molecule has 0 aliphatic rings. The summed E-state index contributed by atoms with van der Waals surface area (Å²) in [6.07, 6.45) is 2.25. The van der Waals surface area contributed by atoms with Gasteiger partial charge in [0.05, 0.1) is 6.61 Å². The zero-order valence-corrected chi connectivity index (χ0v) is 19.5. The maximum absolute atomic E-state index is 13.1. The van der Waals surface area contributed by atoms with Gasteiger partial charge < -0.3 is 15.0 Å². The van der Waals surface area contributed by atoms with Gasteiger partial charge in [-0.25, -0.2) is 0 Å². The van der Waals surface area contributed by atoms with Crippen LogP contribution in [0.4, 0.5) is 0 Å². The molecule has 31 heavy (non-hydrogen) atoms. The van der Waals surface area contributed by atoms with Crippen LogP contribution in [0.25, 0.3) is 0 Å². The van der Waals surface area contributed by atoms with Crippen molar-refractivity contribution in [3.05, 3.63) is 64.7 Å². The number of ether oxygens (including phenoxy) is 1. The second kappa shape index (κ2) is 13.0. The van der Waals surface area contributed by atoms with Crippen molar-refractivity contribution in [2.45, 2.75) is 59.0 Å². The highest BCUT2D eigenvalue weighted by Gasteiger charge is 2.28. The van der Waals surface area contributed by atoms with Gasteiger partial charge in [0.15, 0.2) is 0 Å². The van der Waals surface area contributed by atoms with Crippen LogP contribution in [0.3, 0.4) is 0 Å². The van der Waals surface area contributed by atoms with Crippen molar-refractivity contribution in [2.24, 2.45) is 0 Å². The predicted molar refractivity (Wildman–Crippen MR) is 125 cm³/mol. The van der Waals surface area contributed by atoms with Gasteiger partial charge in [0.1, 0.15) is 11.8 Å². The normalized spacial score (nSPS) is 11.6. The second-order valence-electron chi connectivity index (χ2n) is 7.59. The van der Waals surface area contributed by atoms with Crippen molar-refractivity contribution < 1.29 is 14.3 Å². The van der Waals surface area contributed by atoms with Crippen molar-refractivity contribution in [3.8, 4) is 5.75 Å². The van der Waals surface area contributed by atoms with Gasteiger partial charge in [0.25, 0.3) is 0 Å². The van der Waals surface area contributed by atoms with Crippen LogP contribution in [0.1, 0.15) is 50.7 Å². The average molecular weight is 445 g/mol. The van der Waals surface area contributed by atoms with E-state index in [4.69, 9.17) is 16.3 Å². The summed E-state index contributed by atoms with van der Waals surface area (Å²) >= 11 is 6.33. The fourth-order valence-electron chi connectivity index (χ4n) is 3.29. The van der Waals surface area contributed by atoms with Crippen LogP contribution in [0, 0.1) is 6.92 Å². The summed E-state index contributed by atoms with van der Waals surface area (Å²) in [5.41, 5.74) is 2.00. The monoisotopic (exact) mass is 444 g/mol. The molecule has 5 nitrogen and oxygen atoms in total. The summed E-state index contributed by atoms with van der Waals surface area (Å²) in [6.45, 7) is 7.28. The number of rotatable bonds is 12. The third-order valence-electron chi connectivity index (χ3n) is 5.06. The van der Waals surface area contributed by atoms with Crippen molar-refractivity contribution in [2.75, 3.05) is 13.2 Å². The van der Waals surface area contributed by atoms with Gasteiger partial charge in [-0.3, -0.25) is 9.59 Å². The minimum absolute atomic E-state index is 0.0778. The Morgan fingerprint density at radius 3 is 2.45 bits per heavy atom. The highest BCUT2D eigenvalue weighted by atomic mass is 35.5. The Kier molecular flexibility index (Phi) is 10.4. The number of carbonyl (C=O) groups is 2. The molecule has 0 unspecified atom stereocenters. The lowest BCUT2D eigenvalue weighted by molar-refractivity contribution is -0.141. The first-order chi connectivity index (χ1) is 15.0. The largest absolute Gasteiger partial charge is 0.494 e. The quantitative estimate of drug-likeness (QED) is 0.461. The minimum atomic E-state index is -0.534. The van der Waals surface area contributed by atoms with E-state index in [1.54, 1.807) is 11.0 Å². The molecular weight excluding hydrogens is 412 g/mol. The third-order valence-corrected chi connectivity index (χ3v) is 5.43. The van der Waals surface area contributed by atoms with Gasteiger partial charge in [-0.2, -0.15) is 0 Å². The summed E-state index contributed by atoms with van der Waals surface area (Å²) in [5.74, 6) is 0.586. The van der Waals surface area contributed by atoms with Gasteiger partial charge in [0.2, 0.25) is 11.8 Å². The third kappa shape index (κ3) is 7.91. The molecule has 1 atom stereocenters. The van der Waals surface area contributed by atoms with E-state index in [1.165, 1.54) is 5.56 Å². The molecule has 1 N–H and O–H groups in total. The lowest BCUT2D eigenvalue weighted by atomic mass is 10.1. The highest BCUT2D eigenvalue weighted by Crippen LogP contribution is 2.21. The topological polar surface area (TPSA) is 58.6 Å². The molecule has 0 saturated heterocycles. The van der Waals surface area contributed by atoms with E-state index < -0.39 is 6.04 Å². The number of nitrogens with one attached hydrogen (secondary N) is 1. The summed E-state index contributed by atoms with van der Waals surface area (Å²) in [4.78, 5) is 27.5. The summed E-state index contributed by atoms with van der Waals surface area (Å²) < 4.78 is 5.74. The Balaban J connectivity index is 2.04. The fraction of sp³-hybridized carbons (Fsp3) is 0.440. The van der Waals surface area contributed by atoms with Crippen LogP contribution in [0.5, 0.6) is 5.75 Å². The van der Waals surface area contributed by atoms with Gasteiger partial charge in [-0.1, -0.05) is 61.3 Å². The number of hydrogen-bond acceptors (Lipinski definition) is 3. The van der Waals surface area contributed by atoms with E-state index in [2.05, 4.69) is 5.32 Å². The second-order valence-corrected chi connectivity index (χ2v) is 8.00.